The van der Waals surface area contributed by atoms with E-state index in [9.17, 15) is 0 Å². The second-order valence-corrected chi connectivity index (χ2v) is 3.29. The van der Waals surface area contributed by atoms with Crippen molar-refractivity contribution < 1.29 is 0 Å². The Morgan fingerprint density at radius 2 is 2.44 bits per heavy atom. The molecule has 0 saturated heterocycles. The molecule has 1 N–H and O–H groups in total. The maximum absolute atomic E-state index is 4.21. The zero-order valence-corrected chi connectivity index (χ0v) is 9.56. The van der Waals surface area contributed by atoms with Crippen LogP contribution in [0.3, 0.4) is 0 Å². The third kappa shape index (κ3) is 5.22. The van der Waals surface area contributed by atoms with Crippen LogP contribution in [0.2, 0.25) is 0 Å². The van der Waals surface area contributed by atoms with Crippen molar-refractivity contribution >= 4 is 6.21 Å². The molecular formula is C13H17N3. The normalized spacial score (nSPS) is 11.3. The molecule has 1 aromatic rings. The average Bonchev–Trinajstić information content (AvgIpc) is 2.31. The minimum Gasteiger partial charge on any atom is -0.306 e. The summed E-state index contributed by atoms with van der Waals surface area (Å²) in [6.07, 6.45) is 7.34. The molecule has 0 bridgehead atoms. The summed E-state index contributed by atoms with van der Waals surface area (Å²) in [4.78, 5) is 8.37. The Balaban J connectivity index is 2.23. The molecule has 0 fully saturated rings. The third-order valence-corrected chi connectivity index (χ3v) is 1.90. The number of nitrogens with zero attached hydrogens (tertiary/aromatic N) is 2. The topological polar surface area (TPSA) is 37.3 Å². The summed E-state index contributed by atoms with van der Waals surface area (Å²) in [6.45, 7) is 7.20. The van der Waals surface area contributed by atoms with Gasteiger partial charge in [-0.15, -0.1) is 0 Å². The Morgan fingerprint density at radius 1 is 1.56 bits per heavy atom. The first-order valence-electron chi connectivity index (χ1n) is 5.26. The zero-order chi connectivity index (χ0) is 11.6. The van der Waals surface area contributed by atoms with Crippen LogP contribution in [0.1, 0.15) is 12.6 Å². The van der Waals surface area contributed by atoms with Gasteiger partial charge >= 0.3 is 0 Å². The van der Waals surface area contributed by atoms with Crippen molar-refractivity contribution in [3.05, 3.63) is 54.5 Å². The monoisotopic (exact) mass is 215 g/mol. The molecule has 0 aliphatic rings. The number of hydrogen-bond acceptors (Lipinski definition) is 3. The predicted molar refractivity (Wildman–Crippen MR) is 68.4 cm³/mol. The molecule has 1 aromatic heterocycles. The molecule has 0 aliphatic carbocycles. The second-order valence-electron chi connectivity index (χ2n) is 3.29. The van der Waals surface area contributed by atoms with Gasteiger partial charge in [-0.2, -0.15) is 0 Å². The van der Waals surface area contributed by atoms with Crippen molar-refractivity contribution in [2.24, 2.45) is 4.99 Å². The number of nitrogens with one attached hydrogen (secondary N) is 1. The molecule has 3 heteroatoms. The lowest BCUT2D eigenvalue weighted by molar-refractivity contribution is 0.721. The molecule has 1 heterocycles. The Bertz CT molecular complexity index is 366. The van der Waals surface area contributed by atoms with Crippen LogP contribution >= 0.6 is 0 Å². The predicted octanol–water partition coefficient (Wildman–Crippen LogP) is 2.33. The number of hydrogen-bond donors (Lipinski definition) is 1. The van der Waals surface area contributed by atoms with E-state index >= 15 is 0 Å². The highest BCUT2D eigenvalue weighted by atomic mass is 14.9. The van der Waals surface area contributed by atoms with E-state index in [1.807, 2.05) is 37.3 Å². The lowest BCUT2D eigenvalue weighted by Crippen LogP contribution is -2.16. The Kier molecular flexibility index (Phi) is 5.81. The molecule has 1 rings (SSSR count). The lowest BCUT2D eigenvalue weighted by Gasteiger charge is -2.02. The van der Waals surface area contributed by atoms with E-state index in [0.717, 1.165) is 17.9 Å². The summed E-state index contributed by atoms with van der Waals surface area (Å²) < 4.78 is 0. The van der Waals surface area contributed by atoms with Gasteiger partial charge in [0.15, 0.2) is 0 Å². The molecule has 0 unspecified atom stereocenters. The SMILES string of the molecule is C=C(CNCc1ccccn1)N=C/C=C\C. The molecule has 3 nitrogen and oxygen atoms in total. The first-order chi connectivity index (χ1) is 7.83. The molecule has 84 valence electrons. The summed E-state index contributed by atoms with van der Waals surface area (Å²) in [6, 6.07) is 5.87. The highest BCUT2D eigenvalue weighted by molar-refractivity contribution is 5.71. The number of aliphatic imine (C=N–C) groups is 1. The van der Waals surface area contributed by atoms with Gasteiger partial charge in [0.1, 0.15) is 0 Å². The van der Waals surface area contributed by atoms with Crippen molar-refractivity contribution in [2.75, 3.05) is 6.54 Å². The summed E-state index contributed by atoms with van der Waals surface area (Å²) >= 11 is 0. The smallest absolute Gasteiger partial charge is 0.0541 e. The number of aromatic nitrogens is 1. The second kappa shape index (κ2) is 7.54. The molecule has 0 amide bonds. The van der Waals surface area contributed by atoms with E-state index in [1.165, 1.54) is 0 Å². The van der Waals surface area contributed by atoms with Crippen LogP contribution in [-0.2, 0) is 6.54 Å². The summed E-state index contributed by atoms with van der Waals surface area (Å²) in [5, 5.41) is 3.23. The molecule has 0 saturated carbocycles. The van der Waals surface area contributed by atoms with Gasteiger partial charge < -0.3 is 5.32 Å². The zero-order valence-electron chi connectivity index (χ0n) is 9.56. The minimum atomic E-state index is 0.671. The maximum atomic E-state index is 4.21. The van der Waals surface area contributed by atoms with Gasteiger partial charge in [-0.1, -0.05) is 18.7 Å². The first-order valence-corrected chi connectivity index (χ1v) is 5.26. The Labute approximate surface area is 96.6 Å². The summed E-state index contributed by atoms with van der Waals surface area (Å²) in [5.74, 6) is 0. The first kappa shape index (κ1) is 12.3. The number of allylic oxidation sites excluding steroid dienone is 2. The van der Waals surface area contributed by atoms with E-state index in [-0.39, 0.29) is 0 Å². The van der Waals surface area contributed by atoms with Crippen molar-refractivity contribution in [1.82, 2.24) is 10.3 Å². The van der Waals surface area contributed by atoms with Crippen molar-refractivity contribution in [3.63, 3.8) is 0 Å². The van der Waals surface area contributed by atoms with Crippen molar-refractivity contribution in [3.8, 4) is 0 Å². The molecular weight excluding hydrogens is 198 g/mol. The standard InChI is InChI=1S/C13H17N3/c1-3-4-8-15-12(2)10-14-11-13-7-5-6-9-16-13/h3-9,14H,2,10-11H2,1H3/b4-3-,15-8?. The number of rotatable bonds is 6. The average molecular weight is 215 g/mol. The molecule has 0 spiro atoms. The van der Waals surface area contributed by atoms with Crippen molar-refractivity contribution in [2.45, 2.75) is 13.5 Å². The van der Waals surface area contributed by atoms with E-state index in [1.54, 1.807) is 12.4 Å². The van der Waals surface area contributed by atoms with Gasteiger partial charge in [0.05, 0.1) is 5.69 Å². The molecule has 0 aromatic carbocycles. The largest absolute Gasteiger partial charge is 0.306 e. The Morgan fingerprint density at radius 3 is 3.12 bits per heavy atom. The maximum Gasteiger partial charge on any atom is 0.0541 e. The van der Waals surface area contributed by atoms with E-state index in [4.69, 9.17) is 0 Å². The lowest BCUT2D eigenvalue weighted by atomic mass is 10.3. The van der Waals surface area contributed by atoms with Gasteiger partial charge in [0.25, 0.3) is 0 Å². The van der Waals surface area contributed by atoms with Crippen LogP contribution in [0.4, 0.5) is 0 Å². The highest BCUT2D eigenvalue weighted by Gasteiger charge is 1.93. The quantitative estimate of drug-likeness (QED) is 0.739. The fourth-order valence-corrected chi connectivity index (χ4v) is 1.12. The van der Waals surface area contributed by atoms with E-state index < -0.39 is 0 Å². The summed E-state index contributed by atoms with van der Waals surface area (Å²) in [7, 11) is 0. The van der Waals surface area contributed by atoms with Gasteiger partial charge in [0.2, 0.25) is 0 Å². The van der Waals surface area contributed by atoms with Crippen LogP contribution in [-0.4, -0.2) is 17.7 Å². The van der Waals surface area contributed by atoms with Crippen LogP contribution in [0.5, 0.6) is 0 Å². The van der Waals surface area contributed by atoms with E-state index in [2.05, 4.69) is 21.9 Å². The van der Waals surface area contributed by atoms with Crippen LogP contribution in [0, 0.1) is 0 Å². The van der Waals surface area contributed by atoms with Crippen LogP contribution in [0.25, 0.3) is 0 Å². The fourth-order valence-electron chi connectivity index (χ4n) is 1.12. The van der Waals surface area contributed by atoms with E-state index in [0.29, 0.717) is 6.54 Å². The van der Waals surface area contributed by atoms with Crippen molar-refractivity contribution in [1.29, 1.82) is 0 Å². The van der Waals surface area contributed by atoms with Gasteiger partial charge in [0, 0.05) is 31.2 Å². The molecule has 0 radical (unpaired) electrons. The van der Waals surface area contributed by atoms with Gasteiger partial charge in [-0.25, -0.2) is 0 Å². The molecule has 0 aliphatic heterocycles. The molecule has 16 heavy (non-hydrogen) atoms. The number of pyridine rings is 1. The van der Waals surface area contributed by atoms with Gasteiger partial charge in [-0.05, 0) is 25.1 Å². The molecule has 0 atom stereocenters. The minimum absolute atomic E-state index is 0.671. The Hall–Kier alpha value is -1.74. The highest BCUT2D eigenvalue weighted by Crippen LogP contribution is 1.94. The van der Waals surface area contributed by atoms with Crippen LogP contribution < -0.4 is 5.32 Å². The van der Waals surface area contributed by atoms with Gasteiger partial charge in [-0.3, -0.25) is 9.98 Å². The fraction of sp³-hybridized carbons (Fsp3) is 0.231. The van der Waals surface area contributed by atoms with Crippen LogP contribution in [0.15, 0.2) is 53.8 Å². The third-order valence-electron chi connectivity index (χ3n) is 1.90. The summed E-state index contributed by atoms with van der Waals surface area (Å²) in [5.41, 5.74) is 1.83.